The zero-order valence-corrected chi connectivity index (χ0v) is 15.4. The molecule has 4 atom stereocenters. The Kier molecular flexibility index (Phi) is 4.66. The fourth-order valence-corrected chi connectivity index (χ4v) is 5.06. The maximum absolute atomic E-state index is 13.4. The van der Waals surface area contributed by atoms with Gasteiger partial charge in [0.1, 0.15) is 5.82 Å². The minimum atomic E-state index is -0.225. The first kappa shape index (κ1) is 17.4. The molecule has 2 aliphatic rings. The first-order chi connectivity index (χ1) is 12.5. The zero-order chi connectivity index (χ0) is 18.1. The van der Waals surface area contributed by atoms with Crippen molar-refractivity contribution >= 4 is 6.08 Å². The third-order valence-electron chi connectivity index (χ3n) is 6.31. The number of aromatic nitrogens is 1. The van der Waals surface area contributed by atoms with Crippen molar-refractivity contribution in [2.24, 2.45) is 23.5 Å². The van der Waals surface area contributed by atoms with Gasteiger partial charge in [-0.1, -0.05) is 43.5 Å². The number of halogens is 1. The molecule has 0 unspecified atom stereocenters. The molecule has 1 heterocycles. The lowest BCUT2D eigenvalue weighted by Gasteiger charge is -2.30. The van der Waals surface area contributed by atoms with Crippen LogP contribution in [0.25, 0.3) is 17.2 Å². The van der Waals surface area contributed by atoms with Crippen LogP contribution in [0.2, 0.25) is 0 Å². The van der Waals surface area contributed by atoms with Crippen molar-refractivity contribution in [1.29, 1.82) is 0 Å². The minimum absolute atomic E-state index is 0.113. The molecule has 3 heteroatoms. The van der Waals surface area contributed by atoms with Crippen molar-refractivity contribution in [3.8, 4) is 11.1 Å². The van der Waals surface area contributed by atoms with Gasteiger partial charge in [-0.25, -0.2) is 4.39 Å². The Morgan fingerprint density at radius 3 is 2.77 bits per heavy atom. The predicted molar refractivity (Wildman–Crippen MR) is 105 cm³/mol. The molecule has 2 fully saturated rings. The number of benzene rings is 1. The Bertz CT molecular complexity index is 794. The van der Waals surface area contributed by atoms with Crippen molar-refractivity contribution in [3.05, 3.63) is 60.2 Å². The van der Waals surface area contributed by atoms with E-state index in [2.05, 4.69) is 24.1 Å². The van der Waals surface area contributed by atoms with E-state index in [4.69, 9.17) is 5.73 Å². The molecule has 1 aromatic heterocycles. The highest BCUT2D eigenvalue weighted by atomic mass is 19.1. The van der Waals surface area contributed by atoms with Crippen LogP contribution in [0.3, 0.4) is 0 Å². The summed E-state index contributed by atoms with van der Waals surface area (Å²) < 4.78 is 13.4. The maximum Gasteiger partial charge on any atom is 0.123 e. The fraction of sp³-hybridized carbons (Fsp3) is 0.435. The van der Waals surface area contributed by atoms with E-state index in [1.807, 2.05) is 24.4 Å². The van der Waals surface area contributed by atoms with Crippen LogP contribution < -0.4 is 5.73 Å². The normalized spacial score (nSPS) is 31.3. The lowest BCUT2D eigenvalue weighted by Crippen LogP contribution is -2.40. The van der Waals surface area contributed by atoms with Gasteiger partial charge in [0, 0.05) is 17.3 Å². The predicted octanol–water partition coefficient (Wildman–Crippen LogP) is 5.44. The molecular weight excluding hydrogens is 323 g/mol. The first-order valence-electron chi connectivity index (χ1n) is 9.72. The van der Waals surface area contributed by atoms with Crippen molar-refractivity contribution in [2.45, 2.75) is 44.6 Å². The zero-order valence-electron chi connectivity index (χ0n) is 15.4. The van der Waals surface area contributed by atoms with E-state index in [9.17, 15) is 4.39 Å². The lowest BCUT2D eigenvalue weighted by atomic mass is 9.77. The summed E-state index contributed by atoms with van der Waals surface area (Å²) >= 11 is 0. The Balaban J connectivity index is 1.51. The second-order valence-corrected chi connectivity index (χ2v) is 8.29. The highest BCUT2D eigenvalue weighted by Crippen LogP contribution is 2.50. The topological polar surface area (TPSA) is 38.9 Å². The summed E-state index contributed by atoms with van der Waals surface area (Å²) in [5, 5.41) is 0. The van der Waals surface area contributed by atoms with E-state index in [0.717, 1.165) is 35.1 Å². The molecular formula is C23H27FN2. The molecule has 26 heavy (non-hydrogen) atoms. The van der Waals surface area contributed by atoms with Crippen LogP contribution in [0.4, 0.5) is 4.39 Å². The van der Waals surface area contributed by atoms with Crippen LogP contribution >= 0.6 is 0 Å². The number of hydrogen-bond donors (Lipinski definition) is 1. The average Bonchev–Trinajstić information content (AvgIpc) is 2.89. The fourth-order valence-electron chi connectivity index (χ4n) is 5.06. The molecule has 0 spiro atoms. The molecule has 0 aliphatic heterocycles. The van der Waals surface area contributed by atoms with E-state index in [1.54, 1.807) is 6.07 Å². The molecule has 2 saturated carbocycles. The van der Waals surface area contributed by atoms with Crippen LogP contribution in [-0.4, -0.2) is 10.5 Å². The van der Waals surface area contributed by atoms with Crippen LogP contribution in [0.5, 0.6) is 0 Å². The summed E-state index contributed by atoms with van der Waals surface area (Å²) in [7, 11) is 0. The van der Waals surface area contributed by atoms with Gasteiger partial charge < -0.3 is 5.73 Å². The van der Waals surface area contributed by atoms with Gasteiger partial charge in [-0.05, 0) is 67.4 Å². The van der Waals surface area contributed by atoms with Crippen molar-refractivity contribution in [1.82, 2.24) is 4.98 Å². The summed E-state index contributed by atoms with van der Waals surface area (Å²) in [6.07, 6.45) is 12.7. The second kappa shape index (κ2) is 6.96. The van der Waals surface area contributed by atoms with Gasteiger partial charge in [0.2, 0.25) is 0 Å². The quantitative estimate of drug-likeness (QED) is 0.800. The average molecular weight is 350 g/mol. The van der Waals surface area contributed by atoms with Crippen molar-refractivity contribution in [2.75, 3.05) is 0 Å². The SMILES string of the molecule is C[C@]1(N)C[C@H]2CCCC[C@H]2[C@@H]1C=Cc1ccc(-c2cccc(F)c2)cn1. The molecule has 1 aromatic carbocycles. The Labute approximate surface area is 155 Å². The van der Waals surface area contributed by atoms with E-state index >= 15 is 0 Å². The largest absolute Gasteiger partial charge is 0.325 e. The monoisotopic (exact) mass is 350 g/mol. The number of hydrogen-bond acceptors (Lipinski definition) is 2. The third-order valence-corrected chi connectivity index (χ3v) is 6.31. The maximum atomic E-state index is 13.4. The van der Waals surface area contributed by atoms with E-state index < -0.39 is 0 Å². The molecule has 2 aromatic rings. The van der Waals surface area contributed by atoms with Crippen LogP contribution in [0, 0.1) is 23.6 Å². The number of nitrogens with two attached hydrogens (primary N) is 1. The minimum Gasteiger partial charge on any atom is -0.325 e. The van der Waals surface area contributed by atoms with Crippen molar-refractivity contribution in [3.63, 3.8) is 0 Å². The molecule has 0 bridgehead atoms. The summed E-state index contributed by atoms with van der Waals surface area (Å²) in [5.41, 5.74) is 9.25. The Morgan fingerprint density at radius 1 is 1.15 bits per heavy atom. The van der Waals surface area contributed by atoms with Gasteiger partial charge in [-0.3, -0.25) is 4.98 Å². The van der Waals surface area contributed by atoms with Crippen LogP contribution in [-0.2, 0) is 0 Å². The molecule has 2 nitrogen and oxygen atoms in total. The number of pyridine rings is 1. The smallest absolute Gasteiger partial charge is 0.123 e. The summed E-state index contributed by atoms with van der Waals surface area (Å²) in [6, 6.07) is 10.6. The van der Waals surface area contributed by atoms with E-state index in [0.29, 0.717) is 5.92 Å². The second-order valence-electron chi connectivity index (χ2n) is 8.29. The first-order valence-corrected chi connectivity index (χ1v) is 9.72. The number of nitrogens with zero attached hydrogens (tertiary/aromatic N) is 1. The lowest BCUT2D eigenvalue weighted by molar-refractivity contribution is 0.245. The van der Waals surface area contributed by atoms with Gasteiger partial charge in [-0.15, -0.1) is 0 Å². The number of fused-ring (bicyclic) bond motifs is 1. The molecule has 2 N–H and O–H groups in total. The molecule has 4 rings (SSSR count). The van der Waals surface area contributed by atoms with Gasteiger partial charge in [0.25, 0.3) is 0 Å². The standard InChI is InChI=1S/C23H27FN2/c1-23(25)14-17-5-2-3-8-21(17)22(23)12-11-20-10-9-18(15-26-20)16-6-4-7-19(24)13-16/h4,6-7,9-13,15,17,21-22H,2-3,5,8,14,25H2,1H3/t17-,21-,22+,23+/m1/s1. The van der Waals surface area contributed by atoms with E-state index in [-0.39, 0.29) is 11.4 Å². The van der Waals surface area contributed by atoms with Crippen LogP contribution in [0.1, 0.15) is 44.7 Å². The van der Waals surface area contributed by atoms with Crippen LogP contribution in [0.15, 0.2) is 48.7 Å². The highest BCUT2D eigenvalue weighted by Gasteiger charge is 2.47. The summed E-state index contributed by atoms with van der Waals surface area (Å²) in [6.45, 7) is 2.21. The Hall–Kier alpha value is -2.00. The highest BCUT2D eigenvalue weighted by molar-refractivity contribution is 5.63. The molecule has 0 saturated heterocycles. The molecule has 136 valence electrons. The van der Waals surface area contributed by atoms with Gasteiger partial charge in [0.05, 0.1) is 5.69 Å². The molecule has 2 aliphatic carbocycles. The summed E-state index contributed by atoms with van der Waals surface area (Å²) in [5.74, 6) is 1.72. The molecule has 0 amide bonds. The Morgan fingerprint density at radius 2 is 2.00 bits per heavy atom. The van der Waals surface area contributed by atoms with Gasteiger partial charge >= 0.3 is 0 Å². The van der Waals surface area contributed by atoms with Crippen molar-refractivity contribution < 1.29 is 4.39 Å². The molecule has 0 radical (unpaired) electrons. The van der Waals surface area contributed by atoms with Gasteiger partial charge in [0.15, 0.2) is 0 Å². The number of rotatable bonds is 3. The van der Waals surface area contributed by atoms with Gasteiger partial charge in [-0.2, -0.15) is 0 Å². The third kappa shape index (κ3) is 3.45. The summed E-state index contributed by atoms with van der Waals surface area (Å²) in [4.78, 5) is 4.55. The van der Waals surface area contributed by atoms with E-state index in [1.165, 1.54) is 37.8 Å².